The molecule has 60 heavy (non-hydrogen) atoms. The number of H-pyrrole nitrogens is 1. The second-order valence-electron chi connectivity index (χ2n) is 17.6. The zero-order chi connectivity index (χ0) is 41.4. The summed E-state index contributed by atoms with van der Waals surface area (Å²) in [6.45, 7) is 6.37. The van der Waals surface area contributed by atoms with Gasteiger partial charge in [-0.2, -0.15) is 0 Å². The molecule has 3 aliphatic carbocycles. The molecule has 4 aromatic rings. The summed E-state index contributed by atoms with van der Waals surface area (Å²) >= 11 is 6.52. The molecule has 16 heteroatoms. The number of hydrogen-bond acceptors (Lipinski definition) is 11. The fourth-order valence-corrected chi connectivity index (χ4v) is 12.2. The summed E-state index contributed by atoms with van der Waals surface area (Å²) in [6, 6.07) is 12.4. The first-order valence-corrected chi connectivity index (χ1v) is 23.5. The lowest BCUT2D eigenvalue weighted by atomic mass is 9.67. The Bertz CT molecular complexity index is 2300. The van der Waals surface area contributed by atoms with Crippen molar-refractivity contribution in [2.45, 2.75) is 68.1 Å². The maximum absolute atomic E-state index is 13.9. The molecule has 3 saturated carbocycles. The molecule has 320 valence electrons. The van der Waals surface area contributed by atoms with Crippen molar-refractivity contribution < 1.29 is 27.6 Å². The molecule has 0 spiro atoms. The summed E-state index contributed by atoms with van der Waals surface area (Å²) in [7, 11) is -4.53. The second-order valence-corrected chi connectivity index (χ2v) is 19.9. The van der Waals surface area contributed by atoms with Gasteiger partial charge in [-0.15, -0.1) is 11.6 Å². The molecule has 2 aliphatic heterocycles. The number of fused-ring (bicyclic) bond motifs is 3. The number of sulfonamides is 1. The molecule has 5 fully saturated rings. The van der Waals surface area contributed by atoms with Gasteiger partial charge in [-0.1, -0.05) is 0 Å². The first-order chi connectivity index (χ1) is 29.1. The van der Waals surface area contributed by atoms with E-state index in [1.165, 1.54) is 44.2 Å². The van der Waals surface area contributed by atoms with Crippen LogP contribution in [0.4, 0.5) is 17.1 Å². The van der Waals surface area contributed by atoms with Crippen LogP contribution in [0, 0.1) is 45.6 Å². The molecule has 4 atom stereocenters. The molecule has 14 nitrogen and oxygen atoms in total. The van der Waals surface area contributed by atoms with Crippen LogP contribution in [-0.4, -0.2) is 92.0 Å². The Morgan fingerprint density at radius 1 is 0.950 bits per heavy atom. The minimum atomic E-state index is -4.53. The van der Waals surface area contributed by atoms with E-state index in [4.69, 9.17) is 21.1 Å². The lowest BCUT2D eigenvalue weighted by Gasteiger charge is -2.43. The van der Waals surface area contributed by atoms with Crippen LogP contribution in [0.2, 0.25) is 0 Å². The lowest BCUT2D eigenvalue weighted by Crippen LogP contribution is -2.49. The number of benzene rings is 2. The van der Waals surface area contributed by atoms with Gasteiger partial charge in [0.1, 0.15) is 22.8 Å². The number of pyridine rings is 1. The van der Waals surface area contributed by atoms with Crippen molar-refractivity contribution in [1.29, 1.82) is 0 Å². The number of anilines is 2. The number of halogens is 1. The van der Waals surface area contributed by atoms with E-state index in [0.29, 0.717) is 36.5 Å². The quantitative estimate of drug-likeness (QED) is 0.0681. The monoisotopic (exact) mass is 859 g/mol. The van der Waals surface area contributed by atoms with Crippen LogP contribution in [0.15, 0.2) is 65.8 Å². The number of nitrogens with zero attached hydrogens (tertiary/aromatic N) is 4. The highest BCUT2D eigenvalue weighted by Gasteiger charge is 2.50. The van der Waals surface area contributed by atoms with Gasteiger partial charge in [0.05, 0.1) is 21.6 Å². The van der Waals surface area contributed by atoms with Crippen molar-refractivity contribution in [3.05, 3.63) is 76.6 Å². The van der Waals surface area contributed by atoms with Crippen molar-refractivity contribution in [3.8, 4) is 11.5 Å². The summed E-state index contributed by atoms with van der Waals surface area (Å²) < 4.78 is 41.2. The van der Waals surface area contributed by atoms with Crippen molar-refractivity contribution in [1.82, 2.24) is 19.6 Å². The third-order valence-electron chi connectivity index (χ3n) is 14.0. The Morgan fingerprint density at radius 2 is 1.72 bits per heavy atom. The van der Waals surface area contributed by atoms with E-state index in [1.807, 2.05) is 12.1 Å². The normalized spacial score (nSPS) is 26.3. The van der Waals surface area contributed by atoms with Gasteiger partial charge in [-0.05, 0) is 130 Å². The van der Waals surface area contributed by atoms with E-state index in [-0.39, 0.29) is 22.9 Å². The summed E-state index contributed by atoms with van der Waals surface area (Å²) in [5, 5.41) is 16.3. The molecule has 3 N–H and O–H groups in total. The number of amides is 1. The lowest BCUT2D eigenvalue weighted by molar-refractivity contribution is -0.384. The molecule has 9 rings (SSSR count). The highest BCUT2D eigenvalue weighted by Crippen LogP contribution is 2.57. The maximum atomic E-state index is 13.9. The van der Waals surface area contributed by atoms with Gasteiger partial charge in [-0.25, -0.2) is 18.1 Å². The van der Waals surface area contributed by atoms with Crippen LogP contribution in [0.5, 0.6) is 11.5 Å². The zero-order valence-electron chi connectivity index (χ0n) is 33.8. The fraction of sp³-hybridized carbons (Fsp3) is 0.545. The Morgan fingerprint density at radius 3 is 2.50 bits per heavy atom. The highest BCUT2D eigenvalue weighted by atomic mass is 35.5. The van der Waals surface area contributed by atoms with Crippen LogP contribution in [0.3, 0.4) is 0 Å². The van der Waals surface area contributed by atoms with Crippen LogP contribution in [0.25, 0.3) is 11.0 Å². The maximum Gasteiger partial charge on any atom is 0.293 e. The number of alkyl halides is 1. The van der Waals surface area contributed by atoms with E-state index < -0.39 is 31.4 Å². The molecule has 2 saturated heterocycles. The van der Waals surface area contributed by atoms with Gasteiger partial charge in [0.2, 0.25) is 0 Å². The molecule has 5 aliphatic rings. The summed E-state index contributed by atoms with van der Waals surface area (Å²) in [6.07, 6.45) is 14.0. The predicted octanol–water partition coefficient (Wildman–Crippen LogP) is 7.80. The van der Waals surface area contributed by atoms with Gasteiger partial charge in [0.15, 0.2) is 0 Å². The molecular weight excluding hydrogens is 806 g/mol. The van der Waals surface area contributed by atoms with E-state index in [9.17, 15) is 23.3 Å². The van der Waals surface area contributed by atoms with Gasteiger partial charge < -0.3 is 24.7 Å². The number of piperazine rings is 1. The molecule has 2 aromatic carbocycles. The second kappa shape index (κ2) is 17.5. The fourth-order valence-electron chi connectivity index (χ4n) is 10.9. The Kier molecular flexibility index (Phi) is 11.9. The van der Waals surface area contributed by atoms with Gasteiger partial charge >= 0.3 is 0 Å². The number of aromatic nitrogens is 2. The molecular formula is C44H54ClN7O7S. The van der Waals surface area contributed by atoms with E-state index in [0.717, 1.165) is 105 Å². The van der Waals surface area contributed by atoms with E-state index in [2.05, 4.69) is 29.8 Å². The first kappa shape index (κ1) is 40.9. The standard InChI is InChI=1S/C44H54ClN7O7S/c45-33-5-3-29(4-6-33)42-31-2-1-30(21-31)38(42)27-50-15-17-51(18-16-50)34-7-9-37(41(23-34)59-35-22-32-11-14-46-43(32)48-26-35)44(53)49-60(56,57)36-8-10-39(40(24-36)52(54)55)47-25-28-12-19-58-20-13-28/h7-11,14,22-24,26,28-31,33,38,42,47H,1-6,12-13,15-21,25,27H2,(H,46,48)(H,49,53)/t29?,30-,31+,33?,38+,42+/m0/s1. The van der Waals surface area contributed by atoms with E-state index in [1.54, 1.807) is 30.6 Å². The van der Waals surface area contributed by atoms with Gasteiger partial charge in [0, 0.05) is 87.3 Å². The average Bonchev–Trinajstić information content (AvgIpc) is 4.01. The minimum absolute atomic E-state index is 0.00935. The van der Waals surface area contributed by atoms with Crippen molar-refractivity contribution in [2.75, 3.05) is 62.7 Å². The van der Waals surface area contributed by atoms with Crippen LogP contribution >= 0.6 is 11.6 Å². The average molecular weight is 860 g/mol. The number of nitrogens with one attached hydrogen (secondary N) is 3. The summed E-state index contributed by atoms with van der Waals surface area (Å²) in [5.41, 5.74) is 1.33. The van der Waals surface area contributed by atoms with E-state index >= 15 is 0 Å². The van der Waals surface area contributed by atoms with Gasteiger partial charge in [-0.3, -0.25) is 19.8 Å². The molecule has 1 amide bonds. The third kappa shape index (κ3) is 8.81. The van der Waals surface area contributed by atoms with Crippen LogP contribution in [-0.2, 0) is 14.8 Å². The number of nitro groups is 1. The molecule has 2 aromatic heterocycles. The number of nitro benzene ring substituents is 1. The first-order valence-electron chi connectivity index (χ1n) is 21.6. The number of ether oxygens (including phenoxy) is 2. The van der Waals surface area contributed by atoms with Crippen LogP contribution in [0.1, 0.15) is 68.1 Å². The zero-order valence-corrected chi connectivity index (χ0v) is 35.3. The summed E-state index contributed by atoms with van der Waals surface area (Å²) in [4.78, 5) is 37.4. The third-order valence-corrected chi connectivity index (χ3v) is 15.8. The SMILES string of the molecule is O=C(NS(=O)(=O)c1ccc(NCC2CCOCC2)c([N+](=O)[O-])c1)c1ccc(N2CCN(C[C@@H]3[C@H]4CC[C@H](C4)[C@H]3C3CCC(Cl)CC3)CC2)cc1Oc1cnc2[nH]ccc2c1. The number of hydrogen-bond donors (Lipinski definition) is 3. The van der Waals surface area contributed by atoms with Crippen molar-refractivity contribution >= 4 is 55.6 Å². The van der Waals surface area contributed by atoms with Crippen molar-refractivity contribution in [2.24, 2.45) is 35.5 Å². The predicted molar refractivity (Wildman–Crippen MR) is 230 cm³/mol. The molecule has 4 heterocycles. The number of carbonyl (C=O) groups is 1. The molecule has 0 radical (unpaired) electrons. The Hall–Kier alpha value is -4.44. The molecule has 2 bridgehead atoms. The Balaban J connectivity index is 0.906. The highest BCUT2D eigenvalue weighted by molar-refractivity contribution is 7.90. The minimum Gasteiger partial charge on any atom is -0.455 e. The largest absolute Gasteiger partial charge is 0.455 e. The number of aromatic amines is 1. The summed E-state index contributed by atoms with van der Waals surface area (Å²) in [5.74, 6) is 4.01. The smallest absolute Gasteiger partial charge is 0.293 e. The molecule has 0 unspecified atom stereocenters. The number of carbonyl (C=O) groups excluding carboxylic acids is 1. The van der Waals surface area contributed by atoms with Crippen LogP contribution < -0.4 is 19.7 Å². The number of rotatable bonds is 13. The topological polar surface area (TPSA) is 172 Å². The Labute approximate surface area is 355 Å². The van der Waals surface area contributed by atoms with Crippen molar-refractivity contribution in [3.63, 3.8) is 0 Å². The van der Waals surface area contributed by atoms with Gasteiger partial charge in [0.25, 0.3) is 21.6 Å².